The van der Waals surface area contributed by atoms with Crippen molar-refractivity contribution < 1.29 is 9.53 Å². The van der Waals surface area contributed by atoms with Gasteiger partial charge in [0, 0.05) is 44.8 Å². The third-order valence-corrected chi connectivity index (χ3v) is 4.38. The van der Waals surface area contributed by atoms with Crippen molar-refractivity contribution in [3.8, 4) is 0 Å². The zero-order valence-electron chi connectivity index (χ0n) is 17.4. The number of hydrogen-bond donors (Lipinski definition) is 3. The smallest absolute Gasteiger partial charge is 0.251 e. The molecule has 1 saturated heterocycles. The van der Waals surface area contributed by atoms with Gasteiger partial charge in [-0.05, 0) is 25.0 Å². The molecular weight excluding hydrogens is 354 g/mol. The Kier molecular flexibility index (Phi) is 9.79. The number of carbonyl (C=O) groups excluding carboxylic acids is 1. The molecule has 28 heavy (non-hydrogen) atoms. The van der Waals surface area contributed by atoms with Gasteiger partial charge < -0.3 is 20.7 Å². The number of nitrogens with one attached hydrogen (secondary N) is 3. The maximum Gasteiger partial charge on any atom is 0.251 e. The van der Waals surface area contributed by atoms with Gasteiger partial charge in [0.15, 0.2) is 5.96 Å². The van der Waals surface area contributed by atoms with Gasteiger partial charge in [0.05, 0.1) is 19.3 Å². The Bertz CT molecular complexity index is 606. The highest BCUT2D eigenvalue weighted by Crippen LogP contribution is 2.08. The first kappa shape index (κ1) is 22.2. The second-order valence-corrected chi connectivity index (χ2v) is 7.41. The van der Waals surface area contributed by atoms with E-state index in [1.54, 1.807) is 12.1 Å². The van der Waals surface area contributed by atoms with Crippen LogP contribution in [0.15, 0.2) is 35.3 Å². The number of aliphatic imine (C=N–C) groups is 1. The molecule has 7 nitrogen and oxygen atoms in total. The summed E-state index contributed by atoms with van der Waals surface area (Å²) in [6.45, 7) is 12.9. The Hall–Kier alpha value is -2.12. The molecule has 1 aliphatic rings. The normalized spacial score (nSPS) is 18.1. The number of ether oxygens (including phenoxy) is 1. The molecule has 0 saturated carbocycles. The van der Waals surface area contributed by atoms with E-state index in [0.29, 0.717) is 31.1 Å². The van der Waals surface area contributed by atoms with Crippen molar-refractivity contribution in [1.29, 1.82) is 0 Å². The predicted octanol–water partition coefficient (Wildman–Crippen LogP) is 1.33. The summed E-state index contributed by atoms with van der Waals surface area (Å²) in [7, 11) is 0. The molecule has 156 valence electrons. The third kappa shape index (κ3) is 8.27. The Morgan fingerprint density at radius 3 is 2.68 bits per heavy atom. The van der Waals surface area contributed by atoms with Gasteiger partial charge in [0.25, 0.3) is 5.91 Å². The molecular formula is C21H35N5O2. The van der Waals surface area contributed by atoms with E-state index in [1.807, 2.05) is 25.1 Å². The summed E-state index contributed by atoms with van der Waals surface area (Å²) in [6.07, 6.45) is 0.126. The Morgan fingerprint density at radius 1 is 1.21 bits per heavy atom. The molecule has 3 N–H and O–H groups in total. The number of nitrogens with zero attached hydrogens (tertiary/aromatic N) is 2. The maximum atomic E-state index is 12.0. The van der Waals surface area contributed by atoms with Crippen molar-refractivity contribution >= 4 is 11.9 Å². The zero-order chi connectivity index (χ0) is 20.2. The van der Waals surface area contributed by atoms with Gasteiger partial charge >= 0.3 is 0 Å². The van der Waals surface area contributed by atoms with E-state index in [-0.39, 0.29) is 12.0 Å². The van der Waals surface area contributed by atoms with E-state index >= 15 is 0 Å². The highest BCUT2D eigenvalue weighted by molar-refractivity contribution is 5.94. The molecule has 0 aromatic heterocycles. The van der Waals surface area contributed by atoms with Gasteiger partial charge in [-0.1, -0.05) is 32.0 Å². The van der Waals surface area contributed by atoms with Crippen LogP contribution in [0.1, 0.15) is 31.1 Å². The molecule has 1 atom stereocenters. The number of guanidine groups is 1. The molecule has 1 aliphatic heterocycles. The van der Waals surface area contributed by atoms with Crippen LogP contribution in [-0.2, 0) is 4.74 Å². The zero-order valence-corrected chi connectivity index (χ0v) is 17.4. The lowest BCUT2D eigenvalue weighted by Gasteiger charge is -2.33. The van der Waals surface area contributed by atoms with Crippen molar-refractivity contribution in [2.75, 3.05) is 52.4 Å². The number of benzene rings is 1. The number of morpholine rings is 1. The van der Waals surface area contributed by atoms with Crippen LogP contribution in [0, 0.1) is 5.92 Å². The topological polar surface area (TPSA) is 78.0 Å². The molecule has 1 heterocycles. The average molecular weight is 390 g/mol. The van der Waals surface area contributed by atoms with Crippen LogP contribution < -0.4 is 16.0 Å². The molecule has 0 aliphatic carbocycles. The minimum Gasteiger partial charge on any atom is -0.374 e. The van der Waals surface area contributed by atoms with Crippen LogP contribution in [0.4, 0.5) is 0 Å². The fourth-order valence-corrected chi connectivity index (χ4v) is 3.16. The van der Waals surface area contributed by atoms with Gasteiger partial charge in [-0.25, -0.2) is 0 Å². The summed E-state index contributed by atoms with van der Waals surface area (Å²) in [4.78, 5) is 19.2. The minimum absolute atomic E-state index is 0.0646. The molecule has 1 aromatic rings. The van der Waals surface area contributed by atoms with Gasteiger partial charge in [-0.2, -0.15) is 0 Å². The summed E-state index contributed by atoms with van der Waals surface area (Å²) < 4.78 is 5.86. The first-order valence-corrected chi connectivity index (χ1v) is 10.3. The lowest BCUT2D eigenvalue weighted by Crippen LogP contribution is -2.46. The second kappa shape index (κ2) is 12.4. The van der Waals surface area contributed by atoms with Crippen LogP contribution in [0.2, 0.25) is 0 Å². The summed E-state index contributed by atoms with van der Waals surface area (Å²) in [5, 5.41) is 9.42. The van der Waals surface area contributed by atoms with E-state index < -0.39 is 0 Å². The average Bonchev–Trinajstić information content (AvgIpc) is 2.69. The third-order valence-electron chi connectivity index (χ3n) is 4.38. The number of hydrogen-bond acceptors (Lipinski definition) is 4. The second-order valence-electron chi connectivity index (χ2n) is 7.41. The van der Waals surface area contributed by atoms with E-state index in [1.165, 1.54) is 0 Å². The number of carbonyl (C=O) groups is 1. The number of amides is 1. The molecule has 0 spiro atoms. The van der Waals surface area contributed by atoms with Crippen LogP contribution in [0.5, 0.6) is 0 Å². The summed E-state index contributed by atoms with van der Waals surface area (Å²) in [5.41, 5.74) is 0.670. The molecule has 1 unspecified atom stereocenters. The summed E-state index contributed by atoms with van der Waals surface area (Å²) in [6, 6.07) is 9.23. The first-order chi connectivity index (χ1) is 13.6. The number of rotatable bonds is 9. The van der Waals surface area contributed by atoms with Crippen molar-refractivity contribution in [3.63, 3.8) is 0 Å². The largest absolute Gasteiger partial charge is 0.374 e. The Balaban J connectivity index is 1.73. The molecule has 1 amide bonds. The quantitative estimate of drug-likeness (QED) is 0.337. The first-order valence-electron chi connectivity index (χ1n) is 10.3. The summed E-state index contributed by atoms with van der Waals surface area (Å²) in [5.74, 6) is 1.35. The molecule has 0 radical (unpaired) electrons. The SMILES string of the molecule is CCNC(=NCC1CN(CC(C)C)CCO1)NCCNC(=O)c1ccccc1. The molecule has 1 aromatic carbocycles. The fraction of sp³-hybridized carbons (Fsp3) is 0.619. The van der Waals surface area contributed by atoms with E-state index in [0.717, 1.165) is 38.7 Å². The van der Waals surface area contributed by atoms with Crippen molar-refractivity contribution in [2.45, 2.75) is 26.9 Å². The van der Waals surface area contributed by atoms with Gasteiger partial charge in [0.2, 0.25) is 0 Å². The van der Waals surface area contributed by atoms with Crippen molar-refractivity contribution in [2.24, 2.45) is 10.9 Å². The minimum atomic E-state index is -0.0646. The molecule has 7 heteroatoms. The van der Waals surface area contributed by atoms with Crippen LogP contribution >= 0.6 is 0 Å². The van der Waals surface area contributed by atoms with E-state index in [4.69, 9.17) is 4.74 Å². The molecule has 0 bridgehead atoms. The van der Waals surface area contributed by atoms with Crippen LogP contribution in [-0.4, -0.2) is 75.3 Å². The van der Waals surface area contributed by atoms with Gasteiger partial charge in [0.1, 0.15) is 0 Å². The Labute approximate surface area is 168 Å². The predicted molar refractivity (Wildman–Crippen MR) is 114 cm³/mol. The fourth-order valence-electron chi connectivity index (χ4n) is 3.16. The van der Waals surface area contributed by atoms with Gasteiger partial charge in [-0.3, -0.25) is 14.7 Å². The highest BCUT2D eigenvalue weighted by atomic mass is 16.5. The van der Waals surface area contributed by atoms with Gasteiger partial charge in [-0.15, -0.1) is 0 Å². The highest BCUT2D eigenvalue weighted by Gasteiger charge is 2.20. The van der Waals surface area contributed by atoms with E-state index in [2.05, 4.69) is 39.7 Å². The molecule has 2 rings (SSSR count). The maximum absolute atomic E-state index is 12.0. The van der Waals surface area contributed by atoms with Crippen molar-refractivity contribution in [3.05, 3.63) is 35.9 Å². The van der Waals surface area contributed by atoms with Crippen molar-refractivity contribution in [1.82, 2.24) is 20.9 Å². The lowest BCUT2D eigenvalue weighted by molar-refractivity contribution is -0.0261. The summed E-state index contributed by atoms with van der Waals surface area (Å²) >= 11 is 0. The van der Waals surface area contributed by atoms with E-state index in [9.17, 15) is 4.79 Å². The van der Waals surface area contributed by atoms with Crippen LogP contribution in [0.3, 0.4) is 0 Å². The lowest BCUT2D eigenvalue weighted by atomic mass is 10.2. The Morgan fingerprint density at radius 2 is 1.96 bits per heavy atom. The standard InChI is InChI=1S/C21H35N5O2/c1-4-22-21(24-11-10-23-20(27)18-8-6-5-7-9-18)25-14-19-16-26(12-13-28-19)15-17(2)3/h5-9,17,19H,4,10-16H2,1-3H3,(H,23,27)(H2,22,24,25). The molecule has 1 fully saturated rings. The van der Waals surface area contributed by atoms with Crippen LogP contribution in [0.25, 0.3) is 0 Å². The monoisotopic (exact) mass is 389 g/mol.